The SMILES string of the molecule is COc1ccsc1C(=O)N1CC(C)(O)C1. The number of carbonyl (C=O) groups is 1. The highest BCUT2D eigenvalue weighted by atomic mass is 32.1. The molecule has 0 atom stereocenters. The molecule has 82 valence electrons. The number of amides is 1. The Hall–Kier alpha value is -1.07. The summed E-state index contributed by atoms with van der Waals surface area (Å²) in [6.07, 6.45) is 0. The normalized spacial score (nSPS) is 18.5. The van der Waals surface area contributed by atoms with E-state index in [2.05, 4.69) is 0 Å². The van der Waals surface area contributed by atoms with Crippen molar-refractivity contribution in [3.63, 3.8) is 0 Å². The molecule has 0 unspecified atom stereocenters. The van der Waals surface area contributed by atoms with Crippen LogP contribution in [0.3, 0.4) is 0 Å². The van der Waals surface area contributed by atoms with Crippen molar-refractivity contribution < 1.29 is 14.6 Å². The number of β-amino-alcohol motifs (C(OH)–C–C–N with tert-alkyl or cyclic N) is 1. The zero-order valence-electron chi connectivity index (χ0n) is 8.69. The van der Waals surface area contributed by atoms with Crippen LogP contribution < -0.4 is 4.74 Å². The summed E-state index contributed by atoms with van der Waals surface area (Å²) in [5, 5.41) is 11.4. The lowest BCUT2D eigenvalue weighted by Gasteiger charge is -2.43. The maximum atomic E-state index is 11.9. The predicted molar refractivity (Wildman–Crippen MR) is 57.4 cm³/mol. The molecule has 1 N–H and O–H groups in total. The van der Waals surface area contributed by atoms with Crippen LogP contribution >= 0.6 is 11.3 Å². The van der Waals surface area contributed by atoms with Crippen molar-refractivity contribution in [1.82, 2.24) is 4.90 Å². The van der Waals surface area contributed by atoms with E-state index in [4.69, 9.17) is 4.74 Å². The second-order valence-corrected chi connectivity index (χ2v) is 4.89. The van der Waals surface area contributed by atoms with Gasteiger partial charge in [0.1, 0.15) is 10.6 Å². The first kappa shape index (κ1) is 10.4. The van der Waals surface area contributed by atoms with Crippen molar-refractivity contribution in [2.24, 2.45) is 0 Å². The Bertz CT molecular complexity index is 378. The van der Waals surface area contributed by atoms with Gasteiger partial charge in [0.25, 0.3) is 5.91 Å². The van der Waals surface area contributed by atoms with Crippen LogP contribution in [0.2, 0.25) is 0 Å². The standard InChI is InChI=1S/C10H13NO3S/c1-10(13)5-11(6-10)9(12)8-7(14-2)3-4-15-8/h3-4,13H,5-6H2,1-2H3. The van der Waals surface area contributed by atoms with Crippen molar-refractivity contribution in [2.45, 2.75) is 12.5 Å². The fourth-order valence-corrected chi connectivity index (χ4v) is 2.50. The molecule has 1 aromatic rings. The Labute approximate surface area is 92.1 Å². The number of likely N-dealkylation sites (tertiary alicyclic amines) is 1. The fraction of sp³-hybridized carbons (Fsp3) is 0.500. The van der Waals surface area contributed by atoms with Crippen molar-refractivity contribution in [2.75, 3.05) is 20.2 Å². The Morgan fingerprint density at radius 2 is 2.33 bits per heavy atom. The highest BCUT2D eigenvalue weighted by molar-refractivity contribution is 7.12. The van der Waals surface area contributed by atoms with Crippen LogP contribution in [-0.2, 0) is 0 Å². The largest absolute Gasteiger partial charge is 0.495 e. The maximum Gasteiger partial charge on any atom is 0.267 e. The number of aliphatic hydroxyl groups is 1. The molecule has 15 heavy (non-hydrogen) atoms. The summed E-state index contributed by atoms with van der Waals surface area (Å²) in [5.74, 6) is 0.546. The lowest BCUT2D eigenvalue weighted by Crippen LogP contribution is -2.61. The van der Waals surface area contributed by atoms with Crippen molar-refractivity contribution in [3.8, 4) is 5.75 Å². The molecular formula is C10H13NO3S. The van der Waals surface area contributed by atoms with E-state index in [1.165, 1.54) is 11.3 Å². The Kier molecular flexibility index (Phi) is 2.44. The van der Waals surface area contributed by atoms with E-state index in [1.807, 2.05) is 5.38 Å². The Balaban J connectivity index is 2.10. The van der Waals surface area contributed by atoms with Gasteiger partial charge in [-0.3, -0.25) is 4.79 Å². The average molecular weight is 227 g/mol. The predicted octanol–water partition coefficient (Wildman–Crippen LogP) is 0.964. The van der Waals surface area contributed by atoms with Crippen LogP contribution in [0.4, 0.5) is 0 Å². The molecule has 0 saturated carbocycles. The van der Waals surface area contributed by atoms with E-state index in [1.54, 1.807) is 25.0 Å². The molecule has 5 heteroatoms. The van der Waals surface area contributed by atoms with Gasteiger partial charge in [0.2, 0.25) is 0 Å². The summed E-state index contributed by atoms with van der Waals surface area (Å²) in [6.45, 7) is 2.52. The summed E-state index contributed by atoms with van der Waals surface area (Å²) in [5.41, 5.74) is -0.722. The van der Waals surface area contributed by atoms with Crippen LogP contribution in [-0.4, -0.2) is 41.7 Å². The third-order valence-corrected chi connectivity index (χ3v) is 3.28. The van der Waals surface area contributed by atoms with Crippen molar-refractivity contribution in [3.05, 3.63) is 16.3 Å². The van der Waals surface area contributed by atoms with Gasteiger partial charge in [-0.05, 0) is 18.4 Å². The summed E-state index contributed by atoms with van der Waals surface area (Å²) in [4.78, 5) is 14.1. The summed E-state index contributed by atoms with van der Waals surface area (Å²) in [6, 6.07) is 1.77. The zero-order chi connectivity index (χ0) is 11.1. The van der Waals surface area contributed by atoms with Gasteiger partial charge in [0.05, 0.1) is 25.8 Å². The molecule has 4 nitrogen and oxygen atoms in total. The maximum absolute atomic E-state index is 11.9. The van der Waals surface area contributed by atoms with E-state index in [9.17, 15) is 9.90 Å². The molecule has 0 bridgehead atoms. The van der Waals surface area contributed by atoms with Crippen molar-refractivity contribution in [1.29, 1.82) is 0 Å². The van der Waals surface area contributed by atoms with Gasteiger partial charge >= 0.3 is 0 Å². The summed E-state index contributed by atoms with van der Waals surface area (Å²) in [7, 11) is 1.55. The van der Waals surface area contributed by atoms with Crippen LogP contribution in [0.1, 0.15) is 16.6 Å². The summed E-state index contributed by atoms with van der Waals surface area (Å²) >= 11 is 1.36. The second kappa shape index (κ2) is 3.50. The van der Waals surface area contributed by atoms with Gasteiger partial charge in [-0.1, -0.05) is 0 Å². The van der Waals surface area contributed by atoms with Crippen molar-refractivity contribution >= 4 is 17.2 Å². The quantitative estimate of drug-likeness (QED) is 0.818. The lowest BCUT2D eigenvalue weighted by molar-refractivity contribution is -0.0667. The van der Waals surface area contributed by atoms with Gasteiger partial charge < -0.3 is 14.7 Å². The van der Waals surface area contributed by atoms with E-state index < -0.39 is 5.60 Å². The smallest absolute Gasteiger partial charge is 0.267 e. The molecule has 1 aromatic heterocycles. The molecule has 1 amide bonds. The minimum absolute atomic E-state index is 0.0617. The highest BCUT2D eigenvalue weighted by Crippen LogP contribution is 2.29. The van der Waals surface area contributed by atoms with Gasteiger partial charge in [0.15, 0.2) is 0 Å². The summed E-state index contributed by atoms with van der Waals surface area (Å²) < 4.78 is 5.08. The zero-order valence-corrected chi connectivity index (χ0v) is 9.50. The number of rotatable bonds is 2. The molecule has 2 rings (SSSR count). The van der Waals surface area contributed by atoms with Gasteiger partial charge in [-0.15, -0.1) is 11.3 Å². The monoisotopic (exact) mass is 227 g/mol. The molecule has 1 saturated heterocycles. The number of ether oxygens (including phenoxy) is 1. The van der Waals surface area contributed by atoms with Crippen LogP contribution in [0.15, 0.2) is 11.4 Å². The van der Waals surface area contributed by atoms with E-state index >= 15 is 0 Å². The third kappa shape index (κ3) is 1.85. The molecule has 1 aliphatic heterocycles. The van der Waals surface area contributed by atoms with E-state index in [0.717, 1.165) is 0 Å². The number of thiophene rings is 1. The number of methoxy groups -OCH3 is 1. The molecule has 2 heterocycles. The second-order valence-electron chi connectivity index (χ2n) is 3.98. The molecule has 0 spiro atoms. The number of carbonyl (C=O) groups excluding carboxylic acids is 1. The number of hydrogen-bond donors (Lipinski definition) is 1. The number of hydrogen-bond acceptors (Lipinski definition) is 4. The average Bonchev–Trinajstić information content (AvgIpc) is 2.60. The van der Waals surface area contributed by atoms with E-state index in [-0.39, 0.29) is 5.91 Å². The van der Waals surface area contributed by atoms with Crippen LogP contribution in [0, 0.1) is 0 Å². The Morgan fingerprint density at radius 1 is 1.67 bits per heavy atom. The van der Waals surface area contributed by atoms with Crippen LogP contribution in [0.25, 0.3) is 0 Å². The lowest BCUT2D eigenvalue weighted by atomic mass is 9.97. The molecule has 1 aliphatic rings. The minimum Gasteiger partial charge on any atom is -0.495 e. The first-order chi connectivity index (χ1) is 7.03. The number of nitrogens with zero attached hydrogens (tertiary/aromatic N) is 1. The van der Waals surface area contributed by atoms with E-state index in [0.29, 0.717) is 23.7 Å². The van der Waals surface area contributed by atoms with Gasteiger partial charge in [-0.25, -0.2) is 0 Å². The molecule has 0 aromatic carbocycles. The molecule has 0 radical (unpaired) electrons. The van der Waals surface area contributed by atoms with Crippen LogP contribution in [0.5, 0.6) is 5.75 Å². The first-order valence-electron chi connectivity index (χ1n) is 4.67. The topological polar surface area (TPSA) is 49.8 Å². The van der Waals surface area contributed by atoms with Gasteiger partial charge in [0, 0.05) is 0 Å². The molecule has 1 fully saturated rings. The minimum atomic E-state index is -0.722. The first-order valence-corrected chi connectivity index (χ1v) is 5.54. The Morgan fingerprint density at radius 3 is 2.87 bits per heavy atom. The fourth-order valence-electron chi connectivity index (χ4n) is 1.68. The molecular weight excluding hydrogens is 214 g/mol. The van der Waals surface area contributed by atoms with Gasteiger partial charge in [-0.2, -0.15) is 0 Å². The highest BCUT2D eigenvalue weighted by Gasteiger charge is 2.40. The third-order valence-electron chi connectivity index (χ3n) is 2.39. The molecule has 0 aliphatic carbocycles.